The van der Waals surface area contributed by atoms with Crippen LogP contribution in [0.15, 0.2) is 71.2 Å². The number of hydrogen-bond donors (Lipinski definition) is 1. The molecule has 7 heteroatoms. The van der Waals surface area contributed by atoms with E-state index in [-0.39, 0.29) is 23.5 Å². The van der Waals surface area contributed by atoms with Crippen molar-refractivity contribution in [3.8, 4) is 11.5 Å². The predicted octanol–water partition coefficient (Wildman–Crippen LogP) is 6.08. The molecule has 0 spiro atoms. The van der Waals surface area contributed by atoms with Crippen molar-refractivity contribution in [3.05, 3.63) is 81.7 Å². The molecule has 6 rings (SSSR count). The zero-order valence-electron chi connectivity index (χ0n) is 20.3. The summed E-state index contributed by atoms with van der Waals surface area (Å²) in [4.78, 5) is 30.6. The van der Waals surface area contributed by atoms with E-state index in [1.165, 1.54) is 0 Å². The fraction of sp³-hybridized carbons (Fsp3) is 0.310. The summed E-state index contributed by atoms with van der Waals surface area (Å²) in [6, 6.07) is 17.4. The molecule has 0 unspecified atom stereocenters. The maximum Gasteiger partial charge on any atom is 0.231 e. The molecule has 184 valence electrons. The van der Waals surface area contributed by atoms with Crippen molar-refractivity contribution >= 4 is 34.4 Å². The third kappa shape index (κ3) is 3.88. The van der Waals surface area contributed by atoms with Gasteiger partial charge in [0.1, 0.15) is 6.04 Å². The lowest BCUT2D eigenvalue weighted by Gasteiger charge is -2.34. The normalized spacial score (nSPS) is 21.3. The highest BCUT2D eigenvalue weighted by Crippen LogP contribution is 2.50. The van der Waals surface area contributed by atoms with Crippen LogP contribution in [0.3, 0.4) is 0 Å². The number of nitrogens with one attached hydrogen (secondary N) is 1. The number of ether oxygens (including phenoxy) is 2. The van der Waals surface area contributed by atoms with Crippen molar-refractivity contribution in [1.82, 2.24) is 0 Å². The minimum atomic E-state index is -0.428. The number of methoxy groups -OCH3 is 2. The number of allylic oxidation sites excluding steroid dienone is 1. The van der Waals surface area contributed by atoms with Crippen molar-refractivity contribution in [2.24, 2.45) is 5.92 Å². The van der Waals surface area contributed by atoms with Crippen molar-refractivity contribution in [2.75, 3.05) is 24.4 Å². The number of rotatable bonds is 5. The minimum Gasteiger partial charge on any atom is -0.493 e. The second-order valence-corrected chi connectivity index (χ2v) is 10.6. The highest BCUT2D eigenvalue weighted by atomic mass is 32.1. The summed E-state index contributed by atoms with van der Waals surface area (Å²) in [5.74, 6) is 1.51. The first kappa shape index (κ1) is 22.9. The zero-order chi connectivity index (χ0) is 24.8. The average molecular weight is 501 g/mol. The van der Waals surface area contributed by atoms with E-state index in [0.29, 0.717) is 29.9 Å². The second-order valence-electron chi connectivity index (χ2n) is 9.58. The summed E-state index contributed by atoms with van der Waals surface area (Å²) in [6.07, 6.45) is 2.85. The Kier molecular flexibility index (Phi) is 5.80. The Morgan fingerprint density at radius 3 is 2.53 bits per heavy atom. The number of para-hydroxylation sites is 2. The number of hydrogen-bond acceptors (Lipinski definition) is 6. The number of amides is 1. The molecular weight excluding hydrogens is 472 g/mol. The molecule has 1 N–H and O–H groups in total. The molecule has 1 aromatic heterocycles. The van der Waals surface area contributed by atoms with Crippen LogP contribution in [0.4, 0.5) is 11.4 Å². The van der Waals surface area contributed by atoms with Gasteiger partial charge in [0.15, 0.2) is 17.3 Å². The number of carbonyl (C=O) groups is 2. The molecule has 2 atom stereocenters. The van der Waals surface area contributed by atoms with Gasteiger partial charge in [0, 0.05) is 28.5 Å². The molecule has 1 saturated carbocycles. The third-order valence-electron chi connectivity index (χ3n) is 7.34. The molecule has 2 heterocycles. The number of fused-ring (bicyclic) bond motifs is 1. The van der Waals surface area contributed by atoms with Gasteiger partial charge in [-0.15, -0.1) is 11.3 Å². The quantitative estimate of drug-likeness (QED) is 0.460. The van der Waals surface area contributed by atoms with Crippen LogP contribution in [0.5, 0.6) is 11.5 Å². The van der Waals surface area contributed by atoms with Gasteiger partial charge in [-0.2, -0.15) is 0 Å². The zero-order valence-corrected chi connectivity index (χ0v) is 21.1. The summed E-state index contributed by atoms with van der Waals surface area (Å²) in [7, 11) is 3.24. The lowest BCUT2D eigenvalue weighted by atomic mass is 9.79. The minimum absolute atomic E-state index is 0.00890. The Morgan fingerprint density at radius 1 is 1.00 bits per heavy atom. The SMILES string of the molecule is COc1ccc([C@@H]2CC(=O)C3=C(C2)Nc2ccccc2N(C(=O)C2CC2)[C@H]3c2cccs2)cc1OC. The van der Waals surface area contributed by atoms with E-state index in [9.17, 15) is 9.59 Å². The number of ketones is 1. The molecule has 2 aliphatic carbocycles. The summed E-state index contributed by atoms with van der Waals surface area (Å²) >= 11 is 1.59. The smallest absolute Gasteiger partial charge is 0.231 e. The van der Waals surface area contributed by atoms with Gasteiger partial charge in [0.2, 0.25) is 5.91 Å². The molecule has 1 aliphatic heterocycles. The Hall–Kier alpha value is -3.58. The molecule has 1 fully saturated rings. The lowest BCUT2D eigenvalue weighted by molar-refractivity contribution is -0.120. The number of Topliss-reactive ketones (excluding diaryl/α,β-unsaturated/α-hetero) is 1. The van der Waals surface area contributed by atoms with Crippen LogP contribution in [-0.4, -0.2) is 25.9 Å². The molecule has 0 bridgehead atoms. The van der Waals surface area contributed by atoms with Crippen LogP contribution >= 0.6 is 11.3 Å². The van der Waals surface area contributed by atoms with Crippen LogP contribution in [0, 0.1) is 5.92 Å². The maximum atomic E-state index is 14.0. The Balaban J connectivity index is 1.48. The number of carbonyl (C=O) groups excluding carboxylic acids is 2. The molecule has 6 nitrogen and oxygen atoms in total. The maximum absolute atomic E-state index is 14.0. The second kappa shape index (κ2) is 9.13. The molecule has 0 saturated heterocycles. The molecule has 36 heavy (non-hydrogen) atoms. The van der Waals surface area contributed by atoms with Gasteiger partial charge in [-0.1, -0.05) is 24.3 Å². The van der Waals surface area contributed by atoms with Gasteiger partial charge >= 0.3 is 0 Å². The number of thiophene rings is 1. The summed E-state index contributed by atoms with van der Waals surface area (Å²) in [5.41, 5.74) is 4.32. The van der Waals surface area contributed by atoms with Gasteiger partial charge in [0.05, 0.1) is 25.6 Å². The van der Waals surface area contributed by atoms with Crippen LogP contribution in [-0.2, 0) is 9.59 Å². The largest absolute Gasteiger partial charge is 0.493 e. The molecule has 3 aromatic rings. The Bertz CT molecular complexity index is 1360. The summed E-state index contributed by atoms with van der Waals surface area (Å²) in [6.45, 7) is 0. The third-order valence-corrected chi connectivity index (χ3v) is 8.27. The molecular formula is C29H28N2O4S. The van der Waals surface area contributed by atoms with Crippen LogP contribution in [0.1, 0.15) is 48.1 Å². The van der Waals surface area contributed by atoms with Crippen LogP contribution in [0.25, 0.3) is 0 Å². The molecule has 2 aromatic carbocycles. The standard InChI is InChI=1S/C29H28N2O4S/c1-34-24-12-11-18(16-25(24)35-2)19-14-21-27(23(32)15-19)28(26-8-5-13-36-26)31(29(33)17-9-10-17)22-7-4-3-6-20(22)30-21/h3-8,11-13,16-17,19,28,30H,9-10,14-15H2,1-2H3/t19-,28-/m0/s1. The van der Waals surface area contributed by atoms with Gasteiger partial charge < -0.3 is 14.8 Å². The number of nitrogens with zero attached hydrogens (tertiary/aromatic N) is 1. The molecule has 0 radical (unpaired) electrons. The van der Waals surface area contributed by atoms with E-state index < -0.39 is 6.04 Å². The molecule has 1 amide bonds. The predicted molar refractivity (Wildman–Crippen MR) is 141 cm³/mol. The molecule has 3 aliphatic rings. The van der Waals surface area contributed by atoms with E-state index in [2.05, 4.69) is 5.32 Å². The van der Waals surface area contributed by atoms with E-state index in [4.69, 9.17) is 9.47 Å². The Morgan fingerprint density at radius 2 is 1.81 bits per heavy atom. The fourth-order valence-electron chi connectivity index (χ4n) is 5.42. The highest BCUT2D eigenvalue weighted by molar-refractivity contribution is 7.10. The summed E-state index contributed by atoms with van der Waals surface area (Å²) in [5, 5.41) is 5.61. The fourth-order valence-corrected chi connectivity index (χ4v) is 6.24. The number of benzene rings is 2. The lowest BCUT2D eigenvalue weighted by Crippen LogP contribution is -2.39. The van der Waals surface area contributed by atoms with E-state index >= 15 is 0 Å². The van der Waals surface area contributed by atoms with Gasteiger partial charge in [0.25, 0.3) is 0 Å². The Labute approximate surface area is 214 Å². The van der Waals surface area contributed by atoms with Crippen molar-refractivity contribution in [3.63, 3.8) is 0 Å². The van der Waals surface area contributed by atoms with E-state index in [1.807, 2.05) is 64.9 Å². The van der Waals surface area contributed by atoms with Gasteiger partial charge in [-0.3, -0.25) is 14.5 Å². The monoisotopic (exact) mass is 500 g/mol. The van der Waals surface area contributed by atoms with E-state index in [0.717, 1.165) is 40.4 Å². The van der Waals surface area contributed by atoms with Crippen molar-refractivity contribution in [2.45, 2.75) is 37.6 Å². The van der Waals surface area contributed by atoms with Gasteiger partial charge in [-0.05, 0) is 66.5 Å². The van der Waals surface area contributed by atoms with E-state index in [1.54, 1.807) is 25.6 Å². The first-order valence-corrected chi connectivity index (χ1v) is 13.2. The number of anilines is 2. The first-order valence-electron chi connectivity index (χ1n) is 12.3. The average Bonchev–Trinajstić information content (AvgIpc) is 3.64. The summed E-state index contributed by atoms with van der Waals surface area (Å²) < 4.78 is 10.9. The van der Waals surface area contributed by atoms with Gasteiger partial charge in [-0.25, -0.2) is 0 Å². The van der Waals surface area contributed by atoms with Crippen molar-refractivity contribution in [1.29, 1.82) is 0 Å². The van der Waals surface area contributed by atoms with Crippen LogP contribution < -0.4 is 19.7 Å². The van der Waals surface area contributed by atoms with Crippen molar-refractivity contribution < 1.29 is 19.1 Å². The first-order chi connectivity index (χ1) is 17.6. The van der Waals surface area contributed by atoms with Crippen LogP contribution in [0.2, 0.25) is 0 Å². The highest BCUT2D eigenvalue weighted by Gasteiger charge is 2.45. The topological polar surface area (TPSA) is 67.9 Å².